The van der Waals surface area contributed by atoms with E-state index in [2.05, 4.69) is 21.2 Å². The topological polar surface area (TPSA) is 42.7 Å². The summed E-state index contributed by atoms with van der Waals surface area (Å²) in [7, 11) is 1.64. The maximum atomic E-state index is 13.8. The molecule has 2 aliphatic rings. The van der Waals surface area contributed by atoms with Gasteiger partial charge in [0.2, 0.25) is 0 Å². The number of anilines is 1. The summed E-state index contributed by atoms with van der Waals surface area (Å²) in [6.07, 6.45) is 7.41. The Balaban J connectivity index is 1.35. The van der Waals surface area contributed by atoms with Crippen LogP contribution in [0.15, 0.2) is 30.5 Å². The fourth-order valence-corrected chi connectivity index (χ4v) is 4.69. The van der Waals surface area contributed by atoms with Crippen LogP contribution < -0.4 is 9.64 Å². The third-order valence-corrected chi connectivity index (χ3v) is 6.57. The Morgan fingerprint density at radius 2 is 1.93 bits per heavy atom. The molecule has 1 aliphatic heterocycles. The monoisotopic (exact) mass is 413 g/mol. The number of nitrogens with zero attached hydrogens (tertiary/aromatic N) is 4. The van der Waals surface area contributed by atoms with Crippen LogP contribution in [-0.2, 0) is 6.42 Å². The molecular formula is C22H24ClFN4O. The number of methoxy groups -OCH3 is 1. The van der Waals surface area contributed by atoms with Crippen molar-refractivity contribution in [2.75, 3.05) is 25.1 Å². The highest BCUT2D eigenvalue weighted by Crippen LogP contribution is 2.38. The molecule has 0 radical (unpaired) electrons. The molecule has 5 rings (SSSR count). The van der Waals surface area contributed by atoms with Crippen molar-refractivity contribution in [2.45, 2.75) is 38.0 Å². The van der Waals surface area contributed by atoms with Crippen molar-refractivity contribution in [3.63, 3.8) is 0 Å². The molecule has 1 aliphatic carbocycles. The molecule has 0 amide bonds. The smallest absolute Gasteiger partial charge is 0.181 e. The van der Waals surface area contributed by atoms with Crippen LogP contribution in [0.1, 0.15) is 43.0 Å². The molecule has 1 saturated heterocycles. The van der Waals surface area contributed by atoms with E-state index in [-0.39, 0.29) is 11.7 Å². The summed E-state index contributed by atoms with van der Waals surface area (Å²) in [6.45, 7) is 1.70. The van der Waals surface area contributed by atoms with Crippen LogP contribution >= 0.6 is 11.6 Å². The lowest BCUT2D eigenvalue weighted by Gasteiger charge is -2.34. The number of hydrogen-bond acceptors (Lipinski definition) is 4. The first-order valence-electron chi connectivity index (χ1n) is 10.2. The van der Waals surface area contributed by atoms with E-state index >= 15 is 0 Å². The number of rotatable bonds is 5. The number of aromatic nitrogens is 3. The lowest BCUT2D eigenvalue weighted by molar-refractivity contribution is 0.395. The average Bonchev–Trinajstić information content (AvgIpc) is 3.47. The molecule has 152 valence electrons. The predicted molar refractivity (Wildman–Crippen MR) is 112 cm³/mol. The molecule has 2 aromatic heterocycles. The van der Waals surface area contributed by atoms with E-state index in [4.69, 9.17) is 16.3 Å². The quantitative estimate of drug-likeness (QED) is 0.598. The summed E-state index contributed by atoms with van der Waals surface area (Å²) in [4.78, 5) is 2.29. The van der Waals surface area contributed by atoms with Gasteiger partial charge in [0.15, 0.2) is 5.65 Å². The first-order valence-corrected chi connectivity index (χ1v) is 10.6. The Kier molecular flexibility index (Phi) is 4.82. The van der Waals surface area contributed by atoms with Crippen molar-refractivity contribution in [1.82, 2.24) is 14.6 Å². The summed E-state index contributed by atoms with van der Waals surface area (Å²) in [5.41, 5.74) is 2.68. The summed E-state index contributed by atoms with van der Waals surface area (Å²) < 4.78 is 21.2. The maximum absolute atomic E-state index is 13.8. The predicted octanol–water partition coefficient (Wildman–Crippen LogP) is 4.87. The van der Waals surface area contributed by atoms with Crippen molar-refractivity contribution in [3.8, 4) is 5.75 Å². The number of pyridine rings is 1. The first kappa shape index (κ1) is 18.7. The summed E-state index contributed by atoms with van der Waals surface area (Å²) in [5, 5.41) is 9.36. The number of hydrogen-bond donors (Lipinski definition) is 0. The second-order valence-corrected chi connectivity index (χ2v) is 8.50. The van der Waals surface area contributed by atoms with E-state index in [0.717, 1.165) is 66.7 Å². The highest BCUT2D eigenvalue weighted by atomic mass is 35.5. The summed E-state index contributed by atoms with van der Waals surface area (Å²) in [6, 6.07) is 6.84. The van der Waals surface area contributed by atoms with Gasteiger partial charge < -0.3 is 9.64 Å². The molecule has 1 aromatic carbocycles. The zero-order valence-electron chi connectivity index (χ0n) is 16.4. The molecule has 0 N–H and O–H groups in total. The van der Waals surface area contributed by atoms with E-state index in [1.807, 2.05) is 10.6 Å². The normalized spacial score (nSPS) is 17.8. The minimum atomic E-state index is -0.217. The third kappa shape index (κ3) is 3.54. The molecule has 0 bridgehead atoms. The average molecular weight is 414 g/mol. The molecule has 0 spiro atoms. The molecule has 0 unspecified atom stereocenters. The number of fused-ring (bicyclic) bond motifs is 1. The van der Waals surface area contributed by atoms with E-state index in [1.54, 1.807) is 19.2 Å². The van der Waals surface area contributed by atoms with E-state index < -0.39 is 0 Å². The molecule has 2 fully saturated rings. The zero-order chi connectivity index (χ0) is 20.0. The molecule has 3 heterocycles. The highest BCUT2D eigenvalue weighted by molar-refractivity contribution is 6.36. The van der Waals surface area contributed by atoms with Crippen molar-refractivity contribution in [2.24, 2.45) is 5.92 Å². The number of benzene rings is 1. The molecule has 29 heavy (non-hydrogen) atoms. The van der Waals surface area contributed by atoms with Gasteiger partial charge in [0, 0.05) is 31.3 Å². The summed E-state index contributed by atoms with van der Waals surface area (Å²) in [5.74, 6) is 2.56. The minimum absolute atomic E-state index is 0.217. The molecule has 1 saturated carbocycles. The first-order chi connectivity index (χ1) is 14.1. The van der Waals surface area contributed by atoms with Gasteiger partial charge in [0.1, 0.15) is 22.4 Å². The number of halogens is 2. The molecular weight excluding hydrogens is 390 g/mol. The van der Waals surface area contributed by atoms with Crippen molar-refractivity contribution in [1.29, 1.82) is 0 Å². The Bertz CT molecular complexity index is 1040. The molecule has 7 heteroatoms. The van der Waals surface area contributed by atoms with Crippen molar-refractivity contribution >= 4 is 22.9 Å². The van der Waals surface area contributed by atoms with Gasteiger partial charge in [0.05, 0.1) is 12.8 Å². The SMILES string of the molecule is [11CH3]Oc1ccc(F)cc1C1CCN(c2ccn3c(CC4CC4)nnc3c2Cl)CC1. The fourth-order valence-electron chi connectivity index (χ4n) is 4.38. The Morgan fingerprint density at radius 1 is 1.14 bits per heavy atom. The van der Waals surface area contributed by atoms with Crippen LogP contribution in [-0.4, -0.2) is 34.8 Å². The summed E-state index contributed by atoms with van der Waals surface area (Å²) >= 11 is 6.73. The number of ether oxygens (including phenoxy) is 1. The minimum Gasteiger partial charge on any atom is -0.496 e. The van der Waals surface area contributed by atoms with Gasteiger partial charge in [-0.25, -0.2) is 4.39 Å². The van der Waals surface area contributed by atoms with Crippen LogP contribution in [0.5, 0.6) is 5.75 Å². The standard InChI is InChI=1S/C22H24ClFN4O/c1-29-19-5-4-16(24)13-17(19)15-6-9-27(10-7-15)18-8-11-28-20(12-14-2-3-14)25-26-22(28)21(18)23/h4-5,8,11,13-15H,2-3,6-7,9-10,12H2,1H3/i1-1. The Labute approximate surface area is 174 Å². The van der Waals surface area contributed by atoms with Gasteiger partial charge in [-0.1, -0.05) is 11.6 Å². The molecule has 5 nitrogen and oxygen atoms in total. The van der Waals surface area contributed by atoms with Crippen LogP contribution in [0, 0.1) is 11.7 Å². The van der Waals surface area contributed by atoms with Crippen LogP contribution in [0.4, 0.5) is 10.1 Å². The van der Waals surface area contributed by atoms with Gasteiger partial charge in [-0.15, -0.1) is 10.2 Å². The lowest BCUT2D eigenvalue weighted by atomic mass is 9.88. The van der Waals surface area contributed by atoms with Gasteiger partial charge in [-0.3, -0.25) is 4.40 Å². The largest absolute Gasteiger partial charge is 0.496 e. The molecule has 0 atom stereocenters. The highest BCUT2D eigenvalue weighted by Gasteiger charge is 2.27. The second kappa shape index (κ2) is 7.48. The van der Waals surface area contributed by atoms with E-state index in [9.17, 15) is 4.39 Å². The fraction of sp³-hybridized carbons (Fsp3) is 0.455. The number of piperidine rings is 1. The zero-order valence-corrected chi connectivity index (χ0v) is 17.2. The van der Waals surface area contributed by atoms with Crippen molar-refractivity contribution < 1.29 is 9.13 Å². The van der Waals surface area contributed by atoms with Gasteiger partial charge in [-0.2, -0.15) is 0 Å². The third-order valence-electron chi connectivity index (χ3n) is 6.20. The molecule has 3 aromatic rings. The lowest BCUT2D eigenvalue weighted by Crippen LogP contribution is -2.33. The van der Waals surface area contributed by atoms with E-state index in [0.29, 0.717) is 5.02 Å². The van der Waals surface area contributed by atoms with Crippen LogP contribution in [0.25, 0.3) is 5.65 Å². The Morgan fingerprint density at radius 3 is 2.66 bits per heavy atom. The second-order valence-electron chi connectivity index (χ2n) is 8.12. The van der Waals surface area contributed by atoms with Crippen molar-refractivity contribution in [3.05, 3.63) is 52.7 Å². The maximum Gasteiger partial charge on any atom is 0.181 e. The van der Waals surface area contributed by atoms with Gasteiger partial charge >= 0.3 is 0 Å². The van der Waals surface area contributed by atoms with Crippen LogP contribution in [0.3, 0.4) is 0 Å². The van der Waals surface area contributed by atoms with Gasteiger partial charge in [0.25, 0.3) is 0 Å². The van der Waals surface area contributed by atoms with Crippen LogP contribution in [0.2, 0.25) is 5.02 Å². The Hall–Kier alpha value is -2.34. The van der Waals surface area contributed by atoms with Gasteiger partial charge in [-0.05, 0) is 61.8 Å². The van der Waals surface area contributed by atoms with E-state index in [1.165, 1.54) is 18.9 Å².